The molecule has 0 saturated heterocycles. The molecule has 0 bridgehead atoms. The molecule has 0 aliphatic carbocycles. The minimum atomic E-state index is -1.03. The quantitative estimate of drug-likeness (QED) is 0.791. The maximum atomic E-state index is 11.0. The average Bonchev–Trinajstić information content (AvgIpc) is 3.05. The number of halogens is 1. The largest absolute Gasteiger partial charge is 0.476 e. The topological polar surface area (TPSA) is 72.9 Å². The number of rotatable bonds is 3. The summed E-state index contributed by atoms with van der Waals surface area (Å²) in [5.41, 5.74) is 2.59. The highest BCUT2D eigenvalue weighted by Gasteiger charge is 2.12. The summed E-state index contributed by atoms with van der Waals surface area (Å²) >= 11 is 3.42. The zero-order valence-corrected chi connectivity index (χ0v) is 12.6. The molecule has 7 heteroatoms. The number of hydrogen-bond acceptors (Lipinski definition) is 3. The zero-order chi connectivity index (χ0) is 15.0. The van der Waals surface area contributed by atoms with E-state index in [2.05, 4.69) is 26.1 Å². The van der Waals surface area contributed by atoms with E-state index in [9.17, 15) is 4.79 Å². The zero-order valence-electron chi connectivity index (χ0n) is 11.1. The van der Waals surface area contributed by atoms with Crippen LogP contribution in [-0.4, -0.2) is 30.6 Å². The molecule has 2 heterocycles. The summed E-state index contributed by atoms with van der Waals surface area (Å²) in [4.78, 5) is 11.0. The number of aryl methyl sites for hydroxylation is 1. The molecule has 0 spiro atoms. The molecule has 1 N–H and O–H groups in total. The van der Waals surface area contributed by atoms with Crippen molar-refractivity contribution in [2.24, 2.45) is 7.05 Å². The molecular weight excluding hydrogens is 336 g/mol. The minimum absolute atomic E-state index is 0.0337. The van der Waals surface area contributed by atoms with Gasteiger partial charge in [-0.3, -0.25) is 4.68 Å². The second kappa shape index (κ2) is 5.17. The molecule has 2 aromatic heterocycles. The van der Waals surface area contributed by atoms with Gasteiger partial charge in [-0.15, -0.1) is 0 Å². The van der Waals surface area contributed by atoms with Crippen LogP contribution in [0.5, 0.6) is 0 Å². The van der Waals surface area contributed by atoms with Crippen molar-refractivity contribution in [2.45, 2.75) is 0 Å². The van der Waals surface area contributed by atoms with Crippen LogP contribution in [-0.2, 0) is 7.05 Å². The molecule has 1 aromatic carbocycles. The van der Waals surface area contributed by atoms with Crippen LogP contribution < -0.4 is 0 Å². The number of nitrogens with zero attached hydrogens (tertiary/aromatic N) is 4. The first-order chi connectivity index (χ1) is 10.1. The van der Waals surface area contributed by atoms with Crippen molar-refractivity contribution in [2.75, 3.05) is 0 Å². The molecule has 0 aliphatic rings. The van der Waals surface area contributed by atoms with Crippen molar-refractivity contribution in [3.05, 3.63) is 52.9 Å². The number of carbonyl (C=O) groups is 1. The first-order valence-corrected chi connectivity index (χ1v) is 6.93. The second-order valence-corrected chi connectivity index (χ2v) is 5.27. The molecule has 3 rings (SSSR count). The molecule has 0 saturated carbocycles. The van der Waals surface area contributed by atoms with Crippen LogP contribution in [0.2, 0.25) is 0 Å². The van der Waals surface area contributed by atoms with Crippen LogP contribution in [0.1, 0.15) is 10.5 Å². The Morgan fingerprint density at radius 3 is 2.48 bits per heavy atom. The maximum absolute atomic E-state index is 11.0. The molecule has 3 aromatic rings. The number of aromatic nitrogens is 4. The molecular formula is C14H11BrN4O2. The minimum Gasteiger partial charge on any atom is -0.476 e. The lowest BCUT2D eigenvalue weighted by Gasteiger charge is -2.05. The number of hydrogen-bond donors (Lipinski definition) is 1. The summed E-state index contributed by atoms with van der Waals surface area (Å²) in [6, 6.07) is 11.1. The number of carboxylic acids is 1. The molecule has 0 unspecified atom stereocenters. The highest BCUT2D eigenvalue weighted by molar-refractivity contribution is 9.10. The van der Waals surface area contributed by atoms with E-state index in [0.717, 1.165) is 21.5 Å². The smallest absolute Gasteiger partial charge is 0.356 e. The fraction of sp³-hybridized carbons (Fsp3) is 0.0714. The van der Waals surface area contributed by atoms with Gasteiger partial charge in [-0.2, -0.15) is 10.2 Å². The number of carboxylic acid groups (broad SMARTS) is 1. The average molecular weight is 347 g/mol. The van der Waals surface area contributed by atoms with Gasteiger partial charge in [-0.25, -0.2) is 9.48 Å². The van der Waals surface area contributed by atoms with Gasteiger partial charge in [0.1, 0.15) is 4.60 Å². The van der Waals surface area contributed by atoms with Gasteiger partial charge in [-0.1, -0.05) is 12.1 Å². The predicted molar refractivity (Wildman–Crippen MR) is 80.4 cm³/mol. The maximum Gasteiger partial charge on any atom is 0.356 e. The van der Waals surface area contributed by atoms with Crippen molar-refractivity contribution >= 4 is 21.9 Å². The predicted octanol–water partition coefficient (Wildman–Crippen LogP) is 2.73. The lowest BCUT2D eigenvalue weighted by molar-refractivity contribution is 0.0689. The third-order valence-electron chi connectivity index (χ3n) is 3.10. The fourth-order valence-corrected chi connectivity index (χ4v) is 2.51. The van der Waals surface area contributed by atoms with Gasteiger partial charge >= 0.3 is 5.97 Å². The van der Waals surface area contributed by atoms with Crippen LogP contribution in [0, 0.1) is 0 Å². The van der Waals surface area contributed by atoms with Gasteiger partial charge < -0.3 is 5.11 Å². The van der Waals surface area contributed by atoms with Gasteiger partial charge in [0.15, 0.2) is 5.69 Å². The van der Waals surface area contributed by atoms with Crippen LogP contribution in [0.3, 0.4) is 0 Å². The van der Waals surface area contributed by atoms with Crippen LogP contribution in [0.4, 0.5) is 0 Å². The summed E-state index contributed by atoms with van der Waals surface area (Å²) < 4.78 is 4.18. The summed E-state index contributed by atoms with van der Waals surface area (Å²) in [5, 5.41) is 17.1. The molecule has 106 valence electrons. The summed E-state index contributed by atoms with van der Waals surface area (Å²) in [7, 11) is 1.72. The first kappa shape index (κ1) is 13.6. The van der Waals surface area contributed by atoms with Gasteiger partial charge in [0.2, 0.25) is 0 Å². The van der Waals surface area contributed by atoms with E-state index in [1.807, 2.05) is 30.3 Å². The van der Waals surface area contributed by atoms with Crippen LogP contribution in [0.15, 0.2) is 47.2 Å². The standard InChI is InChI=1S/C14H11BrN4O2/c1-18-12(8-11(17-18)14(20)21)9-2-4-10(5-3-9)19-13(15)6-7-16-19/h2-8H,1H3,(H,20,21). The van der Waals surface area contributed by atoms with Crippen LogP contribution in [0.25, 0.3) is 16.9 Å². The van der Waals surface area contributed by atoms with Gasteiger partial charge in [-0.05, 0) is 45.8 Å². The molecule has 0 aliphatic heterocycles. The van der Waals surface area contributed by atoms with E-state index >= 15 is 0 Å². The molecule has 6 nitrogen and oxygen atoms in total. The van der Waals surface area contributed by atoms with E-state index in [-0.39, 0.29) is 5.69 Å². The summed E-state index contributed by atoms with van der Waals surface area (Å²) in [5.74, 6) is -1.03. The Bertz CT molecular complexity index is 805. The third-order valence-corrected chi connectivity index (χ3v) is 3.70. The van der Waals surface area contributed by atoms with Crippen molar-refractivity contribution < 1.29 is 9.90 Å². The number of benzene rings is 1. The van der Waals surface area contributed by atoms with Gasteiger partial charge in [0.25, 0.3) is 0 Å². The number of aromatic carboxylic acids is 1. The van der Waals surface area contributed by atoms with Gasteiger partial charge in [0.05, 0.1) is 17.6 Å². The second-order valence-electron chi connectivity index (χ2n) is 4.46. The van der Waals surface area contributed by atoms with Crippen molar-refractivity contribution in [3.8, 4) is 16.9 Å². The lowest BCUT2D eigenvalue weighted by atomic mass is 10.1. The lowest BCUT2D eigenvalue weighted by Crippen LogP contribution is -1.99. The monoisotopic (exact) mass is 346 g/mol. The SMILES string of the molecule is Cn1nc(C(=O)O)cc1-c1ccc(-n2nccc2Br)cc1. The molecule has 0 radical (unpaired) electrons. The molecule has 0 amide bonds. The van der Waals surface area contributed by atoms with Crippen molar-refractivity contribution in [1.29, 1.82) is 0 Å². The Labute approximate surface area is 128 Å². The van der Waals surface area contributed by atoms with Gasteiger partial charge in [0, 0.05) is 7.05 Å². The highest BCUT2D eigenvalue weighted by Crippen LogP contribution is 2.23. The van der Waals surface area contributed by atoms with E-state index < -0.39 is 5.97 Å². The molecule has 0 fully saturated rings. The third kappa shape index (κ3) is 2.47. The normalized spacial score (nSPS) is 10.8. The summed E-state index contributed by atoms with van der Waals surface area (Å²) in [6.45, 7) is 0. The molecule has 21 heavy (non-hydrogen) atoms. The Balaban J connectivity index is 1.98. The highest BCUT2D eigenvalue weighted by atomic mass is 79.9. The van der Waals surface area contributed by atoms with E-state index in [1.165, 1.54) is 0 Å². The van der Waals surface area contributed by atoms with Crippen molar-refractivity contribution in [3.63, 3.8) is 0 Å². The van der Waals surface area contributed by atoms with Crippen LogP contribution >= 0.6 is 15.9 Å². The van der Waals surface area contributed by atoms with E-state index in [1.54, 1.807) is 28.7 Å². The van der Waals surface area contributed by atoms with E-state index in [4.69, 9.17) is 5.11 Å². The Morgan fingerprint density at radius 2 is 1.95 bits per heavy atom. The van der Waals surface area contributed by atoms with E-state index in [0.29, 0.717) is 0 Å². The Hall–Kier alpha value is -2.41. The Kier molecular flexibility index (Phi) is 3.34. The van der Waals surface area contributed by atoms with Crippen molar-refractivity contribution in [1.82, 2.24) is 19.6 Å². The fourth-order valence-electron chi connectivity index (χ4n) is 2.09. The summed E-state index contributed by atoms with van der Waals surface area (Å²) in [6.07, 6.45) is 1.71. The Morgan fingerprint density at radius 1 is 1.24 bits per heavy atom. The molecule has 0 atom stereocenters. The first-order valence-electron chi connectivity index (χ1n) is 6.14.